The standard InChI is InChI=1S/C15H12FN3O3S/c16-13-4-2-1-3-12(13)15-18-9-14(22-15)10-5-7-11(8-6-10)19-23(17,20)21/h1-9,19H,(H2,17,20,21). The third-order valence-electron chi connectivity index (χ3n) is 3.04. The van der Waals surface area contributed by atoms with E-state index < -0.39 is 16.0 Å². The molecule has 0 unspecified atom stereocenters. The molecule has 8 heteroatoms. The van der Waals surface area contributed by atoms with Gasteiger partial charge in [-0.1, -0.05) is 12.1 Å². The largest absolute Gasteiger partial charge is 0.436 e. The van der Waals surface area contributed by atoms with E-state index in [0.29, 0.717) is 17.0 Å². The number of rotatable bonds is 4. The minimum absolute atomic E-state index is 0.171. The van der Waals surface area contributed by atoms with Gasteiger partial charge in [-0.3, -0.25) is 4.72 Å². The van der Waals surface area contributed by atoms with E-state index in [1.807, 2.05) is 0 Å². The Hall–Kier alpha value is -2.71. The van der Waals surface area contributed by atoms with Crippen LogP contribution in [-0.4, -0.2) is 13.4 Å². The van der Waals surface area contributed by atoms with Gasteiger partial charge in [0.05, 0.1) is 11.8 Å². The van der Waals surface area contributed by atoms with Crippen LogP contribution in [0.3, 0.4) is 0 Å². The summed E-state index contributed by atoms with van der Waals surface area (Å²) in [5.41, 5.74) is 1.26. The molecule has 0 aliphatic carbocycles. The molecule has 6 nitrogen and oxygen atoms in total. The zero-order valence-electron chi connectivity index (χ0n) is 11.7. The topological polar surface area (TPSA) is 98.2 Å². The number of oxazole rings is 1. The second kappa shape index (κ2) is 5.82. The lowest BCUT2D eigenvalue weighted by molar-refractivity contribution is 0.573. The Morgan fingerprint density at radius 3 is 2.43 bits per heavy atom. The fraction of sp³-hybridized carbons (Fsp3) is 0. The van der Waals surface area contributed by atoms with E-state index in [1.54, 1.807) is 30.3 Å². The first-order valence-electron chi connectivity index (χ1n) is 6.54. The molecule has 0 bridgehead atoms. The first-order valence-corrected chi connectivity index (χ1v) is 8.09. The van der Waals surface area contributed by atoms with Crippen molar-refractivity contribution in [2.45, 2.75) is 0 Å². The van der Waals surface area contributed by atoms with Crippen LogP contribution in [0.1, 0.15) is 0 Å². The summed E-state index contributed by atoms with van der Waals surface area (Å²) in [6.45, 7) is 0. The van der Waals surface area contributed by atoms with E-state index >= 15 is 0 Å². The van der Waals surface area contributed by atoms with Crippen LogP contribution in [0.5, 0.6) is 0 Å². The molecule has 3 N–H and O–H groups in total. The number of hydrogen-bond donors (Lipinski definition) is 2. The van der Waals surface area contributed by atoms with Gasteiger partial charge in [0.2, 0.25) is 5.89 Å². The lowest BCUT2D eigenvalue weighted by Gasteiger charge is -2.03. The smallest absolute Gasteiger partial charge is 0.296 e. The van der Waals surface area contributed by atoms with Crippen LogP contribution in [-0.2, 0) is 10.2 Å². The maximum absolute atomic E-state index is 13.7. The van der Waals surface area contributed by atoms with E-state index in [-0.39, 0.29) is 11.5 Å². The highest BCUT2D eigenvalue weighted by molar-refractivity contribution is 7.90. The van der Waals surface area contributed by atoms with Crippen LogP contribution in [0.25, 0.3) is 22.8 Å². The fourth-order valence-corrected chi connectivity index (χ4v) is 2.50. The summed E-state index contributed by atoms with van der Waals surface area (Å²) in [6.07, 6.45) is 1.48. The van der Waals surface area contributed by atoms with E-state index in [4.69, 9.17) is 9.56 Å². The van der Waals surface area contributed by atoms with Gasteiger partial charge in [0, 0.05) is 11.3 Å². The van der Waals surface area contributed by atoms with Crippen LogP contribution >= 0.6 is 0 Å². The average molecular weight is 333 g/mol. The van der Waals surface area contributed by atoms with Gasteiger partial charge < -0.3 is 4.42 Å². The maximum atomic E-state index is 13.7. The molecule has 1 heterocycles. The molecule has 0 fully saturated rings. The number of nitrogens with two attached hydrogens (primary N) is 1. The van der Waals surface area contributed by atoms with Crippen molar-refractivity contribution in [2.24, 2.45) is 5.14 Å². The molecule has 0 aliphatic heterocycles. The molecule has 23 heavy (non-hydrogen) atoms. The van der Waals surface area contributed by atoms with E-state index in [0.717, 1.165) is 0 Å². The van der Waals surface area contributed by atoms with Gasteiger partial charge in [0.25, 0.3) is 10.2 Å². The molecular weight excluding hydrogens is 321 g/mol. The summed E-state index contributed by atoms with van der Waals surface area (Å²) in [4.78, 5) is 4.07. The van der Waals surface area contributed by atoms with Gasteiger partial charge in [-0.2, -0.15) is 8.42 Å². The summed E-state index contributed by atoms with van der Waals surface area (Å²) < 4.78 is 43.3. The second-order valence-electron chi connectivity index (χ2n) is 4.73. The first kappa shape index (κ1) is 15.2. The third kappa shape index (κ3) is 3.55. The Morgan fingerprint density at radius 1 is 1.09 bits per heavy atom. The number of aromatic nitrogens is 1. The molecule has 0 aliphatic rings. The molecule has 0 spiro atoms. The number of halogens is 1. The lowest BCUT2D eigenvalue weighted by Crippen LogP contribution is -2.21. The Bertz CT molecular complexity index is 937. The van der Waals surface area contributed by atoms with Crippen molar-refractivity contribution >= 4 is 15.9 Å². The highest BCUT2D eigenvalue weighted by Crippen LogP contribution is 2.28. The molecule has 118 valence electrons. The van der Waals surface area contributed by atoms with E-state index in [1.165, 1.54) is 24.4 Å². The van der Waals surface area contributed by atoms with Crippen LogP contribution in [0.2, 0.25) is 0 Å². The summed E-state index contributed by atoms with van der Waals surface area (Å²) in [6, 6.07) is 12.5. The van der Waals surface area contributed by atoms with Gasteiger partial charge in [-0.25, -0.2) is 14.5 Å². The number of nitrogens with one attached hydrogen (secondary N) is 1. The average Bonchev–Trinajstić information content (AvgIpc) is 2.96. The van der Waals surface area contributed by atoms with Gasteiger partial charge >= 0.3 is 0 Å². The van der Waals surface area contributed by atoms with E-state index in [9.17, 15) is 12.8 Å². The SMILES string of the molecule is NS(=O)(=O)Nc1ccc(-c2cnc(-c3ccccc3F)o2)cc1. The minimum Gasteiger partial charge on any atom is -0.436 e. The van der Waals surface area contributed by atoms with Crippen molar-refractivity contribution in [3.8, 4) is 22.8 Å². The van der Waals surface area contributed by atoms with Crippen LogP contribution in [0.4, 0.5) is 10.1 Å². The molecule has 0 amide bonds. The van der Waals surface area contributed by atoms with Crippen molar-refractivity contribution in [3.63, 3.8) is 0 Å². The van der Waals surface area contributed by atoms with Gasteiger partial charge in [-0.05, 0) is 36.4 Å². The Labute approximate surface area is 132 Å². The first-order chi connectivity index (χ1) is 10.9. The summed E-state index contributed by atoms with van der Waals surface area (Å²) in [5.74, 6) is 0.184. The molecule has 0 radical (unpaired) electrons. The number of hydrogen-bond acceptors (Lipinski definition) is 4. The Morgan fingerprint density at radius 2 is 1.78 bits per heavy atom. The molecule has 0 saturated heterocycles. The van der Waals surface area contributed by atoms with Gasteiger partial charge in [-0.15, -0.1) is 0 Å². The fourth-order valence-electron chi connectivity index (χ4n) is 2.03. The minimum atomic E-state index is -3.82. The number of anilines is 1. The molecule has 2 aromatic carbocycles. The van der Waals surface area contributed by atoms with Gasteiger partial charge in [0.15, 0.2) is 5.76 Å². The summed E-state index contributed by atoms with van der Waals surface area (Å²) in [5, 5.41) is 4.90. The maximum Gasteiger partial charge on any atom is 0.296 e. The van der Waals surface area contributed by atoms with Crippen LogP contribution < -0.4 is 9.86 Å². The predicted octanol–water partition coefficient (Wildman–Crippen LogP) is 2.76. The zero-order chi connectivity index (χ0) is 16.4. The second-order valence-corrected chi connectivity index (χ2v) is 6.03. The quantitative estimate of drug-likeness (QED) is 0.767. The van der Waals surface area contributed by atoms with Crippen molar-refractivity contribution in [3.05, 3.63) is 60.5 Å². The van der Waals surface area contributed by atoms with Crippen LogP contribution in [0, 0.1) is 5.82 Å². The highest BCUT2D eigenvalue weighted by Gasteiger charge is 2.12. The van der Waals surface area contributed by atoms with Gasteiger partial charge in [0.1, 0.15) is 5.82 Å². The van der Waals surface area contributed by atoms with Crippen molar-refractivity contribution in [1.29, 1.82) is 0 Å². The van der Waals surface area contributed by atoms with Crippen molar-refractivity contribution < 1.29 is 17.2 Å². The zero-order valence-corrected chi connectivity index (χ0v) is 12.5. The third-order valence-corrected chi connectivity index (χ3v) is 3.56. The highest BCUT2D eigenvalue weighted by atomic mass is 32.2. The van der Waals surface area contributed by atoms with Crippen LogP contribution in [0.15, 0.2) is 59.1 Å². The number of nitrogens with zero attached hydrogens (tertiary/aromatic N) is 1. The number of benzene rings is 2. The molecule has 0 atom stereocenters. The summed E-state index contributed by atoms with van der Waals surface area (Å²) in [7, 11) is -3.82. The monoisotopic (exact) mass is 333 g/mol. The predicted molar refractivity (Wildman–Crippen MR) is 84.1 cm³/mol. The van der Waals surface area contributed by atoms with Crippen molar-refractivity contribution in [1.82, 2.24) is 4.98 Å². The molecule has 3 aromatic rings. The van der Waals surface area contributed by atoms with E-state index in [2.05, 4.69) is 9.71 Å². The lowest BCUT2D eigenvalue weighted by atomic mass is 10.2. The van der Waals surface area contributed by atoms with Crippen molar-refractivity contribution in [2.75, 3.05) is 4.72 Å². The summed E-state index contributed by atoms with van der Waals surface area (Å²) >= 11 is 0. The molecule has 3 rings (SSSR count). The Balaban J connectivity index is 1.88. The normalized spacial score (nSPS) is 11.4. The molecule has 1 aromatic heterocycles. The molecular formula is C15H12FN3O3S. The molecule has 0 saturated carbocycles. The Kier molecular flexibility index (Phi) is 3.85.